The van der Waals surface area contributed by atoms with Crippen LogP contribution in [0.4, 0.5) is 11.4 Å². The number of carbonyl (C=O) groups is 2. The van der Waals surface area contributed by atoms with E-state index in [2.05, 4.69) is 5.32 Å². The fourth-order valence-corrected chi connectivity index (χ4v) is 2.78. The van der Waals surface area contributed by atoms with Crippen molar-refractivity contribution < 1.29 is 14.3 Å². The lowest BCUT2D eigenvalue weighted by atomic mass is 10.1. The summed E-state index contributed by atoms with van der Waals surface area (Å²) < 4.78 is 5.51. The van der Waals surface area contributed by atoms with E-state index in [1.165, 1.54) is 11.6 Å². The molecule has 0 radical (unpaired) electrons. The summed E-state index contributed by atoms with van der Waals surface area (Å²) in [4.78, 5) is 25.8. The zero-order chi connectivity index (χ0) is 18.5. The molecule has 0 spiro atoms. The lowest BCUT2D eigenvalue weighted by Gasteiger charge is -2.29. The number of hydrogen-bond donors (Lipinski definition) is 1. The minimum Gasteiger partial charge on any atom is -0.481 e. The Hall–Kier alpha value is -3.08. The van der Waals surface area contributed by atoms with Crippen molar-refractivity contribution in [2.24, 2.45) is 0 Å². The second kappa shape index (κ2) is 7.87. The van der Waals surface area contributed by atoms with Gasteiger partial charge in [-0.2, -0.15) is 0 Å². The molecule has 0 aliphatic carbocycles. The zero-order valence-corrected chi connectivity index (χ0v) is 15.0. The van der Waals surface area contributed by atoms with Gasteiger partial charge >= 0.3 is 0 Å². The maximum absolute atomic E-state index is 12.1. The van der Waals surface area contributed by atoms with E-state index in [1.54, 1.807) is 29.2 Å². The Bertz CT molecular complexity index is 841. The average Bonchev–Trinajstić information content (AvgIpc) is 2.64. The first-order chi connectivity index (χ1) is 12.6. The van der Waals surface area contributed by atoms with Gasteiger partial charge in [0.1, 0.15) is 5.75 Å². The average molecular weight is 350 g/mol. The van der Waals surface area contributed by atoms with Crippen LogP contribution >= 0.6 is 0 Å². The van der Waals surface area contributed by atoms with E-state index < -0.39 is 0 Å². The second-order valence-corrected chi connectivity index (χ2v) is 6.25. The Balaban J connectivity index is 1.69. The van der Waals surface area contributed by atoms with Crippen LogP contribution in [-0.2, 0) is 9.59 Å². The summed E-state index contributed by atoms with van der Waals surface area (Å²) >= 11 is 0. The van der Waals surface area contributed by atoms with Gasteiger partial charge in [-0.15, -0.1) is 0 Å². The van der Waals surface area contributed by atoms with Crippen LogP contribution in [0.5, 0.6) is 5.75 Å². The van der Waals surface area contributed by atoms with Crippen molar-refractivity contribution in [3.05, 3.63) is 59.7 Å². The largest absolute Gasteiger partial charge is 0.481 e. The number of carbonyl (C=O) groups excluding carboxylic acids is 2. The van der Waals surface area contributed by atoms with Crippen LogP contribution in [0, 0.1) is 6.92 Å². The standard InChI is InChI=1S/C21H22N2O3/c1-3-12-23-18-10-9-17(13-19(18)26-14-21(23)25)22-20(24)11-8-16-6-4-15(2)5-7-16/h4-11,13H,3,12,14H2,1-2H3,(H,22,24)/b11-8+. The normalized spacial score (nSPS) is 13.5. The van der Waals surface area contributed by atoms with E-state index in [1.807, 2.05) is 38.1 Å². The molecule has 1 aliphatic heterocycles. The Morgan fingerprint density at radius 1 is 1.23 bits per heavy atom. The Morgan fingerprint density at radius 3 is 2.73 bits per heavy atom. The summed E-state index contributed by atoms with van der Waals surface area (Å²) in [6.45, 7) is 4.73. The monoisotopic (exact) mass is 350 g/mol. The summed E-state index contributed by atoms with van der Waals surface area (Å²) in [5.41, 5.74) is 3.52. The van der Waals surface area contributed by atoms with Crippen LogP contribution in [0.25, 0.3) is 6.08 Å². The van der Waals surface area contributed by atoms with Gasteiger partial charge in [0.15, 0.2) is 6.61 Å². The number of benzene rings is 2. The SMILES string of the molecule is CCCN1C(=O)COc2cc(NC(=O)/C=C/c3ccc(C)cc3)ccc21. The molecule has 0 saturated carbocycles. The van der Waals surface area contributed by atoms with Gasteiger partial charge in [0, 0.05) is 24.4 Å². The maximum Gasteiger partial charge on any atom is 0.265 e. The predicted octanol–water partition coefficient (Wildman–Crippen LogP) is 3.78. The van der Waals surface area contributed by atoms with Crippen LogP contribution in [0.2, 0.25) is 0 Å². The van der Waals surface area contributed by atoms with Crippen LogP contribution in [-0.4, -0.2) is 25.0 Å². The van der Waals surface area contributed by atoms with Gasteiger partial charge in [-0.3, -0.25) is 9.59 Å². The summed E-state index contributed by atoms with van der Waals surface area (Å²) in [5.74, 6) is 0.346. The molecule has 5 nitrogen and oxygen atoms in total. The maximum atomic E-state index is 12.1. The second-order valence-electron chi connectivity index (χ2n) is 6.25. The van der Waals surface area contributed by atoms with Crippen molar-refractivity contribution in [3.8, 4) is 5.75 Å². The van der Waals surface area contributed by atoms with E-state index in [9.17, 15) is 9.59 Å². The first-order valence-electron chi connectivity index (χ1n) is 8.70. The molecule has 3 rings (SSSR count). The van der Waals surface area contributed by atoms with E-state index in [4.69, 9.17) is 4.74 Å². The molecule has 1 aliphatic rings. The van der Waals surface area contributed by atoms with Gasteiger partial charge in [-0.1, -0.05) is 36.8 Å². The first-order valence-corrected chi connectivity index (χ1v) is 8.70. The Labute approximate surface area is 153 Å². The molecule has 5 heteroatoms. The van der Waals surface area contributed by atoms with E-state index >= 15 is 0 Å². The lowest BCUT2D eigenvalue weighted by molar-refractivity contribution is -0.121. The smallest absolute Gasteiger partial charge is 0.265 e. The fraction of sp³-hybridized carbons (Fsp3) is 0.238. The third kappa shape index (κ3) is 4.11. The molecule has 0 aromatic heterocycles. The summed E-state index contributed by atoms with van der Waals surface area (Å²) in [5, 5.41) is 2.82. The number of rotatable bonds is 5. The van der Waals surface area contributed by atoms with Gasteiger partial charge in [-0.05, 0) is 37.1 Å². The summed E-state index contributed by atoms with van der Waals surface area (Å²) in [6.07, 6.45) is 4.14. The Kier molecular flexibility index (Phi) is 5.37. The topological polar surface area (TPSA) is 58.6 Å². The molecule has 2 aromatic rings. The van der Waals surface area contributed by atoms with Crippen molar-refractivity contribution in [1.82, 2.24) is 0 Å². The minimum atomic E-state index is -0.220. The van der Waals surface area contributed by atoms with E-state index in [0.29, 0.717) is 18.0 Å². The number of anilines is 2. The number of nitrogens with zero attached hydrogens (tertiary/aromatic N) is 1. The lowest BCUT2D eigenvalue weighted by Crippen LogP contribution is -2.39. The number of ether oxygens (including phenoxy) is 1. The Morgan fingerprint density at radius 2 is 2.00 bits per heavy atom. The molecule has 2 amide bonds. The first kappa shape index (κ1) is 17.7. The van der Waals surface area contributed by atoms with Gasteiger partial charge in [0.2, 0.25) is 5.91 Å². The fourth-order valence-electron chi connectivity index (χ4n) is 2.78. The van der Waals surface area contributed by atoms with Crippen molar-refractivity contribution in [2.45, 2.75) is 20.3 Å². The minimum absolute atomic E-state index is 0.0255. The molecule has 2 aromatic carbocycles. The van der Waals surface area contributed by atoms with Crippen LogP contribution < -0.4 is 15.0 Å². The highest BCUT2D eigenvalue weighted by Gasteiger charge is 2.24. The third-order valence-electron chi connectivity index (χ3n) is 4.12. The van der Waals surface area contributed by atoms with Crippen LogP contribution in [0.1, 0.15) is 24.5 Å². The highest BCUT2D eigenvalue weighted by Crippen LogP contribution is 2.34. The van der Waals surface area contributed by atoms with Crippen molar-refractivity contribution in [1.29, 1.82) is 0 Å². The molecule has 0 unspecified atom stereocenters. The molecule has 0 fully saturated rings. The van der Waals surface area contributed by atoms with Gasteiger partial charge < -0.3 is 15.0 Å². The molecule has 0 atom stereocenters. The summed E-state index contributed by atoms with van der Waals surface area (Å²) in [7, 11) is 0. The third-order valence-corrected chi connectivity index (χ3v) is 4.12. The highest BCUT2D eigenvalue weighted by atomic mass is 16.5. The van der Waals surface area contributed by atoms with E-state index in [0.717, 1.165) is 17.7 Å². The van der Waals surface area contributed by atoms with Gasteiger partial charge in [0.05, 0.1) is 5.69 Å². The van der Waals surface area contributed by atoms with E-state index in [-0.39, 0.29) is 18.4 Å². The zero-order valence-electron chi connectivity index (χ0n) is 15.0. The summed E-state index contributed by atoms with van der Waals surface area (Å²) in [6, 6.07) is 13.3. The molecule has 1 N–H and O–H groups in total. The van der Waals surface area contributed by atoms with Gasteiger partial charge in [-0.25, -0.2) is 0 Å². The van der Waals surface area contributed by atoms with Crippen molar-refractivity contribution >= 4 is 29.3 Å². The molecular formula is C21H22N2O3. The highest BCUT2D eigenvalue weighted by molar-refractivity contribution is 6.03. The quantitative estimate of drug-likeness (QED) is 0.835. The van der Waals surface area contributed by atoms with Crippen LogP contribution in [0.15, 0.2) is 48.5 Å². The number of fused-ring (bicyclic) bond motifs is 1. The number of hydrogen-bond acceptors (Lipinski definition) is 3. The molecule has 134 valence electrons. The molecule has 1 heterocycles. The molecular weight excluding hydrogens is 328 g/mol. The van der Waals surface area contributed by atoms with Gasteiger partial charge in [0.25, 0.3) is 5.91 Å². The molecule has 0 saturated heterocycles. The van der Waals surface area contributed by atoms with Crippen LogP contribution in [0.3, 0.4) is 0 Å². The molecule has 26 heavy (non-hydrogen) atoms. The number of aryl methyl sites for hydroxylation is 1. The number of amides is 2. The number of nitrogens with one attached hydrogen (secondary N) is 1. The molecule has 0 bridgehead atoms. The predicted molar refractivity (Wildman–Crippen MR) is 103 cm³/mol. The van der Waals surface area contributed by atoms with Crippen molar-refractivity contribution in [2.75, 3.05) is 23.4 Å². The van der Waals surface area contributed by atoms with Crippen molar-refractivity contribution in [3.63, 3.8) is 0 Å².